The molecule has 8 heteroatoms. The molecule has 86 valence electrons. The molecule has 0 amide bonds. The van der Waals surface area contributed by atoms with E-state index in [0.717, 1.165) is 11.4 Å². The zero-order valence-corrected chi connectivity index (χ0v) is 9.25. The van der Waals surface area contributed by atoms with Crippen molar-refractivity contribution in [3.63, 3.8) is 0 Å². The highest BCUT2D eigenvalue weighted by Gasteiger charge is 2.15. The first-order valence-corrected chi connectivity index (χ1v) is 4.94. The Morgan fingerprint density at radius 3 is 2.94 bits per heavy atom. The van der Waals surface area contributed by atoms with Gasteiger partial charge in [0, 0.05) is 7.05 Å². The molecule has 0 aliphatic heterocycles. The van der Waals surface area contributed by atoms with Crippen molar-refractivity contribution in [3.05, 3.63) is 18.1 Å². The summed E-state index contributed by atoms with van der Waals surface area (Å²) >= 11 is 0. The second-order valence-corrected chi connectivity index (χ2v) is 3.55. The van der Waals surface area contributed by atoms with E-state index in [1.807, 2.05) is 20.0 Å². The van der Waals surface area contributed by atoms with Crippen LogP contribution in [0.5, 0.6) is 0 Å². The van der Waals surface area contributed by atoms with Crippen molar-refractivity contribution in [2.75, 3.05) is 0 Å². The van der Waals surface area contributed by atoms with Gasteiger partial charge < -0.3 is 4.52 Å². The van der Waals surface area contributed by atoms with Gasteiger partial charge in [0.25, 0.3) is 5.89 Å². The minimum atomic E-state index is 0.372. The van der Waals surface area contributed by atoms with Crippen molar-refractivity contribution in [1.82, 2.24) is 35.1 Å². The first-order valence-electron chi connectivity index (χ1n) is 4.94. The number of aryl methyl sites for hydroxylation is 2. The van der Waals surface area contributed by atoms with Crippen LogP contribution in [0.2, 0.25) is 0 Å². The molecule has 8 nitrogen and oxygen atoms in total. The highest BCUT2D eigenvalue weighted by molar-refractivity contribution is 5.52. The zero-order chi connectivity index (χ0) is 11.8. The Morgan fingerprint density at radius 1 is 1.41 bits per heavy atom. The van der Waals surface area contributed by atoms with Gasteiger partial charge >= 0.3 is 0 Å². The van der Waals surface area contributed by atoms with Gasteiger partial charge in [0.2, 0.25) is 5.82 Å². The highest BCUT2D eigenvalue weighted by Crippen LogP contribution is 2.19. The number of H-pyrrole nitrogens is 1. The minimum absolute atomic E-state index is 0.372. The summed E-state index contributed by atoms with van der Waals surface area (Å²) in [6.45, 7) is 1.90. The molecule has 0 spiro atoms. The summed E-state index contributed by atoms with van der Waals surface area (Å²) in [6.07, 6.45) is 1.39. The average molecular weight is 231 g/mol. The van der Waals surface area contributed by atoms with Crippen molar-refractivity contribution in [1.29, 1.82) is 0 Å². The molecule has 0 unspecified atom stereocenters. The SMILES string of the molecule is Cc1cc(-c2nc(-c3ncn[nH]3)no2)n(C)n1. The molecule has 17 heavy (non-hydrogen) atoms. The molecule has 0 atom stereocenters. The number of aromatic amines is 1. The van der Waals surface area contributed by atoms with Crippen LogP contribution in [-0.4, -0.2) is 35.1 Å². The van der Waals surface area contributed by atoms with Crippen LogP contribution < -0.4 is 0 Å². The molecule has 0 radical (unpaired) electrons. The Balaban J connectivity index is 2.03. The predicted molar refractivity (Wildman–Crippen MR) is 56.6 cm³/mol. The molecule has 0 fully saturated rings. The van der Waals surface area contributed by atoms with Crippen LogP contribution >= 0.6 is 0 Å². The molecule has 0 saturated heterocycles. The monoisotopic (exact) mass is 231 g/mol. The van der Waals surface area contributed by atoms with Crippen molar-refractivity contribution >= 4 is 0 Å². The molecule has 1 N–H and O–H groups in total. The van der Waals surface area contributed by atoms with Crippen LogP contribution in [0, 0.1) is 6.92 Å². The molecule has 0 bridgehead atoms. The van der Waals surface area contributed by atoms with Gasteiger partial charge in [-0.05, 0) is 13.0 Å². The fraction of sp³-hybridized carbons (Fsp3) is 0.222. The Kier molecular flexibility index (Phi) is 2.00. The van der Waals surface area contributed by atoms with Crippen LogP contribution in [0.15, 0.2) is 16.9 Å². The van der Waals surface area contributed by atoms with Gasteiger partial charge in [-0.2, -0.15) is 15.2 Å². The van der Waals surface area contributed by atoms with E-state index >= 15 is 0 Å². The van der Waals surface area contributed by atoms with E-state index in [1.165, 1.54) is 6.33 Å². The van der Waals surface area contributed by atoms with Crippen molar-refractivity contribution in [2.45, 2.75) is 6.92 Å². The van der Waals surface area contributed by atoms with E-state index in [-0.39, 0.29) is 0 Å². The summed E-state index contributed by atoms with van der Waals surface area (Å²) in [5.74, 6) is 1.25. The molecule has 3 aromatic rings. The number of hydrogen-bond acceptors (Lipinski definition) is 6. The molecule has 3 rings (SSSR count). The predicted octanol–water partition coefficient (Wildman–Crippen LogP) is 0.564. The molecule has 0 aromatic carbocycles. The van der Waals surface area contributed by atoms with Gasteiger partial charge in [-0.25, -0.2) is 4.98 Å². The van der Waals surface area contributed by atoms with Crippen LogP contribution in [-0.2, 0) is 7.05 Å². The molecule has 0 aliphatic rings. The maximum atomic E-state index is 5.16. The minimum Gasteiger partial charge on any atom is -0.332 e. The van der Waals surface area contributed by atoms with Gasteiger partial charge in [-0.3, -0.25) is 9.78 Å². The Bertz CT molecular complexity index is 636. The second kappa shape index (κ2) is 3.51. The Hall–Kier alpha value is -2.51. The van der Waals surface area contributed by atoms with Crippen molar-refractivity contribution in [3.8, 4) is 23.2 Å². The van der Waals surface area contributed by atoms with Crippen molar-refractivity contribution in [2.24, 2.45) is 7.05 Å². The fourth-order valence-electron chi connectivity index (χ4n) is 1.55. The molecular weight excluding hydrogens is 222 g/mol. The fourth-order valence-corrected chi connectivity index (χ4v) is 1.55. The first-order chi connectivity index (χ1) is 8.24. The second-order valence-electron chi connectivity index (χ2n) is 3.55. The van der Waals surface area contributed by atoms with Gasteiger partial charge in [-0.1, -0.05) is 5.16 Å². The van der Waals surface area contributed by atoms with Gasteiger partial charge in [0.05, 0.1) is 5.69 Å². The van der Waals surface area contributed by atoms with Crippen molar-refractivity contribution < 1.29 is 4.52 Å². The largest absolute Gasteiger partial charge is 0.332 e. The highest BCUT2D eigenvalue weighted by atomic mass is 16.5. The van der Waals surface area contributed by atoms with Gasteiger partial charge in [-0.15, -0.1) is 0 Å². The Morgan fingerprint density at radius 2 is 2.29 bits per heavy atom. The summed E-state index contributed by atoms with van der Waals surface area (Å²) in [5.41, 5.74) is 1.66. The molecule has 0 saturated carbocycles. The lowest BCUT2D eigenvalue weighted by Crippen LogP contribution is -1.93. The van der Waals surface area contributed by atoms with E-state index in [1.54, 1.807) is 4.68 Å². The number of rotatable bonds is 2. The van der Waals surface area contributed by atoms with E-state index in [2.05, 4.69) is 30.4 Å². The van der Waals surface area contributed by atoms with Crippen LogP contribution in [0.1, 0.15) is 5.69 Å². The summed E-state index contributed by atoms with van der Waals surface area (Å²) in [5, 5.41) is 14.4. The quantitative estimate of drug-likeness (QED) is 0.692. The number of aromatic nitrogens is 7. The van der Waals surface area contributed by atoms with E-state index < -0.39 is 0 Å². The number of nitrogens with one attached hydrogen (secondary N) is 1. The molecular formula is C9H9N7O. The lowest BCUT2D eigenvalue weighted by atomic mass is 10.4. The maximum absolute atomic E-state index is 5.16. The van der Waals surface area contributed by atoms with Crippen LogP contribution in [0.3, 0.4) is 0 Å². The third-order valence-electron chi connectivity index (χ3n) is 2.27. The van der Waals surface area contributed by atoms with E-state index in [0.29, 0.717) is 17.5 Å². The maximum Gasteiger partial charge on any atom is 0.276 e. The first kappa shape index (κ1) is 9.70. The Labute approximate surface area is 95.7 Å². The van der Waals surface area contributed by atoms with E-state index in [9.17, 15) is 0 Å². The van der Waals surface area contributed by atoms with Gasteiger partial charge in [0.1, 0.15) is 12.0 Å². The van der Waals surface area contributed by atoms with Crippen LogP contribution in [0.4, 0.5) is 0 Å². The van der Waals surface area contributed by atoms with E-state index in [4.69, 9.17) is 4.52 Å². The van der Waals surface area contributed by atoms with Crippen LogP contribution in [0.25, 0.3) is 23.2 Å². The number of hydrogen-bond donors (Lipinski definition) is 1. The zero-order valence-electron chi connectivity index (χ0n) is 9.25. The molecule has 0 aliphatic carbocycles. The lowest BCUT2D eigenvalue weighted by molar-refractivity contribution is 0.428. The smallest absolute Gasteiger partial charge is 0.276 e. The third kappa shape index (κ3) is 1.59. The summed E-state index contributed by atoms with van der Waals surface area (Å²) in [7, 11) is 1.82. The normalized spacial score (nSPS) is 10.9. The average Bonchev–Trinajstić information content (AvgIpc) is 2.97. The summed E-state index contributed by atoms with van der Waals surface area (Å²) in [6, 6.07) is 1.87. The summed E-state index contributed by atoms with van der Waals surface area (Å²) < 4.78 is 6.85. The number of nitrogens with zero attached hydrogens (tertiary/aromatic N) is 6. The molecule has 3 aromatic heterocycles. The van der Waals surface area contributed by atoms with Gasteiger partial charge in [0.15, 0.2) is 5.82 Å². The topological polar surface area (TPSA) is 98.3 Å². The third-order valence-corrected chi connectivity index (χ3v) is 2.27. The molecule has 3 heterocycles. The lowest BCUT2D eigenvalue weighted by Gasteiger charge is -1.92. The summed E-state index contributed by atoms with van der Waals surface area (Å²) in [4.78, 5) is 8.17. The standard InChI is InChI=1S/C9H9N7O/c1-5-3-6(16(2)14-5)9-12-8(15-17-9)7-10-4-11-13-7/h3-4H,1-2H3,(H,10,11,13).